The first-order chi connectivity index (χ1) is 14.2. The summed E-state index contributed by atoms with van der Waals surface area (Å²) < 4.78 is 10.7. The summed E-state index contributed by atoms with van der Waals surface area (Å²) in [6, 6.07) is 15.8. The summed E-state index contributed by atoms with van der Waals surface area (Å²) >= 11 is 0. The van der Waals surface area contributed by atoms with Crippen LogP contribution in [0.1, 0.15) is 28.8 Å². The maximum absolute atomic E-state index is 13.2. The van der Waals surface area contributed by atoms with Gasteiger partial charge in [-0.15, -0.1) is 0 Å². The summed E-state index contributed by atoms with van der Waals surface area (Å²) in [4.78, 5) is 20.2. The lowest BCUT2D eigenvalue weighted by Gasteiger charge is -2.32. The number of pyridine rings is 1. The average molecular weight is 390 g/mol. The SMILES string of the molecule is COc1ccc(C(=O)C2CCCN(Cc3cccc4cccnc34)C2)c(OC)c1. The van der Waals surface area contributed by atoms with Crippen LogP contribution in [0.15, 0.2) is 54.7 Å². The van der Waals surface area contributed by atoms with Crippen LogP contribution in [0, 0.1) is 5.92 Å². The van der Waals surface area contributed by atoms with E-state index < -0.39 is 0 Å². The van der Waals surface area contributed by atoms with Gasteiger partial charge >= 0.3 is 0 Å². The van der Waals surface area contributed by atoms with Crippen LogP contribution in [0.3, 0.4) is 0 Å². The number of methoxy groups -OCH3 is 2. The van der Waals surface area contributed by atoms with Gasteiger partial charge in [0.25, 0.3) is 0 Å². The van der Waals surface area contributed by atoms with Crippen LogP contribution in [-0.4, -0.2) is 43.0 Å². The molecule has 29 heavy (non-hydrogen) atoms. The van der Waals surface area contributed by atoms with Crippen LogP contribution in [0.25, 0.3) is 10.9 Å². The molecule has 5 heteroatoms. The molecule has 0 bridgehead atoms. The highest BCUT2D eigenvalue weighted by Gasteiger charge is 2.28. The molecule has 4 rings (SSSR count). The summed E-state index contributed by atoms with van der Waals surface area (Å²) in [5.41, 5.74) is 2.88. The normalized spacial score (nSPS) is 17.2. The summed E-state index contributed by atoms with van der Waals surface area (Å²) in [5.74, 6) is 1.37. The van der Waals surface area contributed by atoms with E-state index in [1.807, 2.05) is 24.4 Å². The van der Waals surface area contributed by atoms with Crippen LogP contribution in [0.5, 0.6) is 11.5 Å². The van der Waals surface area contributed by atoms with Crippen molar-refractivity contribution < 1.29 is 14.3 Å². The van der Waals surface area contributed by atoms with Gasteiger partial charge in [-0.25, -0.2) is 0 Å². The molecule has 150 valence electrons. The van der Waals surface area contributed by atoms with Gasteiger partial charge in [-0.3, -0.25) is 14.7 Å². The predicted octanol–water partition coefficient (Wildman–Crippen LogP) is 4.35. The van der Waals surface area contributed by atoms with Crippen molar-refractivity contribution in [3.8, 4) is 11.5 Å². The molecule has 0 spiro atoms. The first-order valence-electron chi connectivity index (χ1n) is 10.0. The first-order valence-corrected chi connectivity index (χ1v) is 10.0. The number of aromatic nitrogens is 1. The van der Waals surface area contributed by atoms with Crippen LogP contribution < -0.4 is 9.47 Å². The molecule has 0 amide bonds. The zero-order chi connectivity index (χ0) is 20.2. The van der Waals surface area contributed by atoms with Crippen molar-refractivity contribution >= 4 is 16.7 Å². The molecule has 2 aromatic carbocycles. The minimum atomic E-state index is -0.0334. The smallest absolute Gasteiger partial charge is 0.170 e. The second kappa shape index (κ2) is 8.62. The Labute approximate surface area is 171 Å². The van der Waals surface area contributed by atoms with Crippen LogP contribution in [0.2, 0.25) is 0 Å². The van der Waals surface area contributed by atoms with Gasteiger partial charge in [-0.1, -0.05) is 24.3 Å². The Morgan fingerprint density at radius 1 is 1.14 bits per heavy atom. The largest absolute Gasteiger partial charge is 0.497 e. The number of carbonyl (C=O) groups excluding carboxylic acids is 1. The van der Waals surface area contributed by atoms with E-state index in [0.717, 1.165) is 43.4 Å². The Bertz CT molecular complexity index is 1010. The number of fused-ring (bicyclic) bond motifs is 1. The van der Waals surface area contributed by atoms with E-state index >= 15 is 0 Å². The summed E-state index contributed by atoms with van der Waals surface area (Å²) in [5, 5.41) is 1.15. The van der Waals surface area contributed by atoms with Gasteiger partial charge in [0.1, 0.15) is 11.5 Å². The molecule has 0 N–H and O–H groups in total. The number of likely N-dealkylation sites (tertiary alicyclic amines) is 1. The second-order valence-corrected chi connectivity index (χ2v) is 7.50. The molecule has 1 atom stereocenters. The third-order valence-electron chi connectivity index (χ3n) is 5.66. The maximum atomic E-state index is 13.2. The monoisotopic (exact) mass is 390 g/mol. The lowest BCUT2D eigenvalue weighted by atomic mass is 9.89. The van der Waals surface area contributed by atoms with Gasteiger partial charge in [0.2, 0.25) is 0 Å². The molecule has 1 aliphatic heterocycles. The number of hydrogen-bond acceptors (Lipinski definition) is 5. The number of rotatable bonds is 6. The van der Waals surface area contributed by atoms with E-state index in [2.05, 4.69) is 34.1 Å². The van der Waals surface area contributed by atoms with Gasteiger partial charge < -0.3 is 9.47 Å². The third kappa shape index (κ3) is 4.10. The number of benzene rings is 2. The zero-order valence-corrected chi connectivity index (χ0v) is 16.9. The number of hydrogen-bond donors (Lipinski definition) is 0. The Morgan fingerprint density at radius 2 is 2.00 bits per heavy atom. The molecule has 3 aromatic rings. The highest BCUT2D eigenvalue weighted by atomic mass is 16.5. The van der Waals surface area contributed by atoms with Crippen molar-refractivity contribution in [3.63, 3.8) is 0 Å². The van der Waals surface area contributed by atoms with E-state index in [9.17, 15) is 4.79 Å². The zero-order valence-electron chi connectivity index (χ0n) is 16.9. The lowest BCUT2D eigenvalue weighted by molar-refractivity contribution is 0.0809. The predicted molar refractivity (Wildman–Crippen MR) is 114 cm³/mol. The molecule has 0 radical (unpaired) electrons. The highest BCUT2D eigenvalue weighted by Crippen LogP contribution is 2.30. The van der Waals surface area contributed by atoms with Crippen molar-refractivity contribution in [2.45, 2.75) is 19.4 Å². The van der Waals surface area contributed by atoms with Gasteiger partial charge in [-0.05, 0) is 43.1 Å². The Morgan fingerprint density at radius 3 is 2.83 bits per heavy atom. The molecule has 1 saturated heterocycles. The quantitative estimate of drug-likeness (QED) is 0.586. The molecular formula is C24H26N2O3. The van der Waals surface area contributed by atoms with E-state index in [0.29, 0.717) is 17.1 Å². The molecule has 1 fully saturated rings. The summed E-state index contributed by atoms with van der Waals surface area (Å²) in [6.45, 7) is 2.54. The molecule has 0 aliphatic carbocycles. The summed E-state index contributed by atoms with van der Waals surface area (Å²) in [6.07, 6.45) is 3.75. The van der Waals surface area contributed by atoms with Crippen LogP contribution in [-0.2, 0) is 6.54 Å². The topological polar surface area (TPSA) is 51.7 Å². The van der Waals surface area contributed by atoms with Gasteiger partial charge in [-0.2, -0.15) is 0 Å². The highest BCUT2D eigenvalue weighted by molar-refractivity contribution is 6.00. The van der Waals surface area contributed by atoms with Gasteiger partial charge in [0.05, 0.1) is 25.3 Å². The number of ketones is 1. The molecule has 5 nitrogen and oxygen atoms in total. The molecule has 1 aliphatic rings. The minimum absolute atomic E-state index is 0.0334. The molecule has 0 saturated carbocycles. The van der Waals surface area contributed by atoms with Crippen molar-refractivity contribution in [3.05, 3.63) is 65.9 Å². The molecular weight excluding hydrogens is 364 g/mol. The van der Waals surface area contributed by atoms with E-state index in [1.165, 1.54) is 5.56 Å². The molecule has 2 heterocycles. The van der Waals surface area contributed by atoms with Crippen molar-refractivity contribution in [2.75, 3.05) is 27.3 Å². The lowest BCUT2D eigenvalue weighted by Crippen LogP contribution is -2.38. The van der Waals surface area contributed by atoms with Crippen molar-refractivity contribution in [1.82, 2.24) is 9.88 Å². The maximum Gasteiger partial charge on any atom is 0.170 e. The van der Waals surface area contributed by atoms with Gasteiger partial charge in [0, 0.05) is 36.7 Å². The number of nitrogens with zero attached hydrogens (tertiary/aromatic N) is 2. The fourth-order valence-corrected chi connectivity index (χ4v) is 4.17. The Balaban J connectivity index is 1.52. The first kappa shape index (κ1) is 19.4. The third-order valence-corrected chi connectivity index (χ3v) is 5.66. The number of para-hydroxylation sites is 1. The van der Waals surface area contributed by atoms with Crippen LogP contribution in [0.4, 0.5) is 0 Å². The molecule has 1 unspecified atom stereocenters. The van der Waals surface area contributed by atoms with E-state index in [4.69, 9.17) is 9.47 Å². The number of piperidine rings is 1. The van der Waals surface area contributed by atoms with E-state index in [1.54, 1.807) is 20.3 Å². The second-order valence-electron chi connectivity index (χ2n) is 7.50. The van der Waals surface area contributed by atoms with Crippen molar-refractivity contribution in [1.29, 1.82) is 0 Å². The van der Waals surface area contributed by atoms with Crippen LogP contribution >= 0.6 is 0 Å². The summed E-state index contributed by atoms with van der Waals surface area (Å²) in [7, 11) is 3.20. The molecule has 1 aromatic heterocycles. The van der Waals surface area contributed by atoms with E-state index in [-0.39, 0.29) is 11.7 Å². The fraction of sp³-hybridized carbons (Fsp3) is 0.333. The van der Waals surface area contributed by atoms with Crippen molar-refractivity contribution in [2.24, 2.45) is 5.92 Å². The standard InChI is InChI=1S/C24H26N2O3/c1-28-20-10-11-21(22(14-20)29-2)24(27)19-9-5-13-26(16-19)15-18-7-3-6-17-8-4-12-25-23(17)18/h3-4,6-8,10-12,14,19H,5,9,13,15-16H2,1-2H3. The average Bonchev–Trinajstić information content (AvgIpc) is 2.78. The fourth-order valence-electron chi connectivity index (χ4n) is 4.17. The minimum Gasteiger partial charge on any atom is -0.497 e. The van der Waals surface area contributed by atoms with Gasteiger partial charge in [0.15, 0.2) is 5.78 Å². The number of carbonyl (C=O) groups is 1. The Kier molecular flexibility index (Phi) is 5.76. The number of Topliss-reactive ketones (excluding diaryl/α,β-unsaturated/α-hetero) is 1. The Hall–Kier alpha value is -2.92. The number of ether oxygens (including phenoxy) is 2.